The molecule has 4 aromatic rings. The first-order valence-corrected chi connectivity index (χ1v) is 7.62. The van der Waals surface area contributed by atoms with Crippen molar-refractivity contribution in [2.75, 3.05) is 7.11 Å². The van der Waals surface area contributed by atoms with Crippen LogP contribution in [0.15, 0.2) is 42.6 Å². The van der Waals surface area contributed by atoms with E-state index < -0.39 is 0 Å². The van der Waals surface area contributed by atoms with Crippen molar-refractivity contribution in [3.63, 3.8) is 0 Å². The average Bonchev–Trinajstić information content (AvgIpc) is 3.09. The van der Waals surface area contributed by atoms with E-state index in [1.54, 1.807) is 16.1 Å². The number of hydrogen-bond donors (Lipinski definition) is 0. The van der Waals surface area contributed by atoms with Gasteiger partial charge in [0.25, 0.3) is 5.91 Å². The lowest BCUT2D eigenvalue weighted by atomic mass is 10.3. The van der Waals surface area contributed by atoms with E-state index in [9.17, 15) is 4.79 Å². The van der Waals surface area contributed by atoms with Gasteiger partial charge in [-0.25, -0.2) is 9.97 Å². The molecule has 0 radical (unpaired) electrons. The molecule has 0 fully saturated rings. The van der Waals surface area contributed by atoms with E-state index in [1.807, 2.05) is 56.4 Å². The molecule has 0 amide bonds. The van der Waals surface area contributed by atoms with E-state index in [4.69, 9.17) is 4.74 Å². The van der Waals surface area contributed by atoms with Crippen molar-refractivity contribution in [2.45, 2.75) is 13.8 Å². The van der Waals surface area contributed by atoms with Crippen molar-refractivity contribution in [3.8, 4) is 5.75 Å². The number of hydrogen-bond acceptors (Lipinski definition) is 4. The highest BCUT2D eigenvalue weighted by atomic mass is 16.5. The Labute approximate surface area is 138 Å². The third-order valence-corrected chi connectivity index (χ3v) is 4.14. The van der Waals surface area contributed by atoms with Crippen LogP contribution in [0.3, 0.4) is 0 Å². The highest BCUT2D eigenvalue weighted by Gasteiger charge is 2.23. The number of aryl methyl sites for hydroxylation is 2. The molecule has 0 saturated carbocycles. The molecular weight excluding hydrogens is 304 g/mol. The number of pyridine rings is 1. The second kappa shape index (κ2) is 5.19. The lowest BCUT2D eigenvalue weighted by Gasteiger charge is -2.07. The van der Waals surface area contributed by atoms with Crippen LogP contribution in [0.4, 0.5) is 0 Å². The number of para-hydroxylation sites is 2. The van der Waals surface area contributed by atoms with Crippen LogP contribution >= 0.6 is 0 Å². The maximum Gasteiger partial charge on any atom is 0.282 e. The Hall–Kier alpha value is -3.15. The Kier molecular flexibility index (Phi) is 3.13. The molecule has 0 saturated heterocycles. The van der Waals surface area contributed by atoms with Crippen molar-refractivity contribution in [1.29, 1.82) is 0 Å². The minimum atomic E-state index is -0.153. The van der Waals surface area contributed by atoms with Gasteiger partial charge >= 0.3 is 0 Å². The molecule has 0 atom stereocenters. The molecule has 1 aromatic carbocycles. The molecule has 24 heavy (non-hydrogen) atoms. The van der Waals surface area contributed by atoms with Gasteiger partial charge in [-0.3, -0.25) is 13.8 Å². The summed E-state index contributed by atoms with van der Waals surface area (Å²) in [6.07, 6.45) is 1.82. The number of aromatic nitrogens is 4. The van der Waals surface area contributed by atoms with Crippen molar-refractivity contribution in [3.05, 3.63) is 59.8 Å². The van der Waals surface area contributed by atoms with Crippen molar-refractivity contribution >= 4 is 22.6 Å². The van der Waals surface area contributed by atoms with Crippen molar-refractivity contribution in [2.24, 2.45) is 0 Å². The maximum absolute atomic E-state index is 13.3. The van der Waals surface area contributed by atoms with Crippen LogP contribution in [0.1, 0.15) is 22.0 Å². The second-order valence-electron chi connectivity index (χ2n) is 5.60. The zero-order chi connectivity index (χ0) is 16.8. The van der Waals surface area contributed by atoms with Gasteiger partial charge in [-0.05, 0) is 38.1 Å². The summed E-state index contributed by atoms with van der Waals surface area (Å²) in [4.78, 5) is 22.2. The Balaban J connectivity index is 1.99. The number of carbonyl (C=O) groups excluding carboxylic acids is 1. The third-order valence-electron chi connectivity index (χ3n) is 4.14. The summed E-state index contributed by atoms with van der Waals surface area (Å²) in [6.45, 7) is 3.66. The van der Waals surface area contributed by atoms with Gasteiger partial charge in [0.2, 0.25) is 0 Å². The van der Waals surface area contributed by atoms with E-state index in [0.29, 0.717) is 28.6 Å². The lowest BCUT2D eigenvalue weighted by molar-refractivity contribution is 0.0956. The minimum absolute atomic E-state index is 0.153. The minimum Gasteiger partial charge on any atom is -0.493 e. The van der Waals surface area contributed by atoms with Gasteiger partial charge in [-0.15, -0.1) is 0 Å². The fourth-order valence-corrected chi connectivity index (χ4v) is 3.08. The fraction of sp³-hybridized carbons (Fsp3) is 0.167. The van der Waals surface area contributed by atoms with Gasteiger partial charge in [0.1, 0.15) is 11.5 Å². The van der Waals surface area contributed by atoms with E-state index in [-0.39, 0.29) is 5.91 Å². The number of methoxy groups -OCH3 is 1. The van der Waals surface area contributed by atoms with Crippen LogP contribution in [0, 0.1) is 13.8 Å². The normalized spacial score (nSPS) is 11.3. The molecule has 6 heteroatoms. The number of rotatable bonds is 2. The van der Waals surface area contributed by atoms with Gasteiger partial charge in [-0.1, -0.05) is 12.1 Å². The molecule has 120 valence electrons. The number of carbonyl (C=O) groups is 1. The monoisotopic (exact) mass is 320 g/mol. The second-order valence-corrected chi connectivity index (χ2v) is 5.60. The van der Waals surface area contributed by atoms with Crippen LogP contribution in [0.5, 0.6) is 5.75 Å². The molecule has 0 aliphatic heterocycles. The molecule has 0 N–H and O–H groups in total. The number of imidazole rings is 2. The highest BCUT2D eigenvalue weighted by molar-refractivity contribution is 6.02. The smallest absolute Gasteiger partial charge is 0.282 e. The molecule has 6 nitrogen and oxygen atoms in total. The van der Waals surface area contributed by atoms with Crippen LogP contribution in [0.2, 0.25) is 0 Å². The maximum atomic E-state index is 13.3. The highest BCUT2D eigenvalue weighted by Crippen LogP contribution is 2.24. The molecule has 3 aromatic heterocycles. The Morgan fingerprint density at radius 1 is 1.08 bits per heavy atom. The Morgan fingerprint density at radius 2 is 1.88 bits per heavy atom. The standard InChI is InChI=1S/C18H16N4O2/c1-11-16(21-10-6-9-15(24-3)17(21)19-11)18(23)22-12(2)20-13-7-4-5-8-14(13)22/h4-10H,1-3H3. The summed E-state index contributed by atoms with van der Waals surface area (Å²) in [5.74, 6) is 1.13. The third kappa shape index (κ3) is 1.93. The van der Waals surface area contributed by atoms with Crippen LogP contribution in [-0.4, -0.2) is 32.0 Å². The van der Waals surface area contributed by atoms with E-state index in [0.717, 1.165) is 11.0 Å². The summed E-state index contributed by atoms with van der Waals surface area (Å²) >= 11 is 0. The molecule has 0 aliphatic rings. The van der Waals surface area contributed by atoms with Gasteiger partial charge < -0.3 is 4.74 Å². The molecule has 4 rings (SSSR count). The van der Waals surface area contributed by atoms with Gasteiger partial charge in [0.15, 0.2) is 11.4 Å². The zero-order valence-corrected chi connectivity index (χ0v) is 13.6. The zero-order valence-electron chi connectivity index (χ0n) is 13.6. The van der Waals surface area contributed by atoms with E-state index in [1.165, 1.54) is 0 Å². The first-order valence-electron chi connectivity index (χ1n) is 7.62. The molecule has 0 unspecified atom stereocenters. The molecule has 0 bridgehead atoms. The number of ether oxygens (including phenoxy) is 1. The molecule has 3 heterocycles. The Morgan fingerprint density at radius 3 is 2.67 bits per heavy atom. The molecular formula is C18H16N4O2. The number of benzene rings is 1. The van der Waals surface area contributed by atoms with Crippen LogP contribution in [0.25, 0.3) is 16.7 Å². The van der Waals surface area contributed by atoms with Crippen LogP contribution in [-0.2, 0) is 0 Å². The van der Waals surface area contributed by atoms with E-state index >= 15 is 0 Å². The summed E-state index contributed by atoms with van der Waals surface area (Å²) < 4.78 is 8.75. The first kappa shape index (κ1) is 14.4. The fourth-order valence-electron chi connectivity index (χ4n) is 3.08. The molecule has 0 aliphatic carbocycles. The van der Waals surface area contributed by atoms with Gasteiger partial charge in [-0.2, -0.15) is 0 Å². The quantitative estimate of drug-likeness (QED) is 0.569. The van der Waals surface area contributed by atoms with Crippen LogP contribution < -0.4 is 4.74 Å². The first-order chi connectivity index (χ1) is 11.6. The predicted octanol–water partition coefficient (Wildman–Crippen LogP) is 3.00. The largest absolute Gasteiger partial charge is 0.493 e. The van der Waals surface area contributed by atoms with E-state index in [2.05, 4.69) is 9.97 Å². The Bertz CT molecular complexity index is 1090. The van der Waals surface area contributed by atoms with Crippen molar-refractivity contribution < 1.29 is 9.53 Å². The summed E-state index contributed by atoms with van der Waals surface area (Å²) in [5, 5.41) is 0. The number of fused-ring (bicyclic) bond motifs is 2. The SMILES string of the molecule is COc1cccn2c(C(=O)n3c(C)nc4ccccc43)c(C)nc12. The topological polar surface area (TPSA) is 61.4 Å². The lowest BCUT2D eigenvalue weighted by Crippen LogP contribution is -2.17. The molecule has 0 spiro atoms. The number of nitrogens with zero attached hydrogens (tertiary/aromatic N) is 4. The predicted molar refractivity (Wildman–Crippen MR) is 90.7 cm³/mol. The average molecular weight is 320 g/mol. The van der Waals surface area contributed by atoms with Crippen molar-refractivity contribution in [1.82, 2.24) is 18.9 Å². The van der Waals surface area contributed by atoms with Gasteiger partial charge in [0.05, 0.1) is 23.8 Å². The summed E-state index contributed by atoms with van der Waals surface area (Å²) in [6, 6.07) is 11.3. The summed E-state index contributed by atoms with van der Waals surface area (Å²) in [5.41, 5.74) is 3.38. The summed E-state index contributed by atoms with van der Waals surface area (Å²) in [7, 11) is 1.59. The van der Waals surface area contributed by atoms with Gasteiger partial charge in [0, 0.05) is 6.20 Å².